The van der Waals surface area contributed by atoms with Crippen LogP contribution in [0.4, 0.5) is 17.1 Å². The molecule has 0 saturated carbocycles. The number of para-hydroxylation sites is 5. The molecule has 0 radical (unpaired) electrons. The molecular formula is C38H37BN2. The van der Waals surface area contributed by atoms with Crippen LogP contribution in [0.1, 0.15) is 50.7 Å². The first-order chi connectivity index (χ1) is 20.3. The van der Waals surface area contributed by atoms with E-state index in [9.17, 15) is 0 Å². The van der Waals surface area contributed by atoms with Gasteiger partial charge in [0.25, 0.3) is 0 Å². The van der Waals surface area contributed by atoms with Gasteiger partial charge in [-0.1, -0.05) is 118 Å². The van der Waals surface area contributed by atoms with Gasteiger partial charge in [0.15, 0.2) is 0 Å². The Morgan fingerprint density at radius 3 is 1.51 bits per heavy atom. The van der Waals surface area contributed by atoms with Gasteiger partial charge in [0.05, 0.1) is 0 Å². The van der Waals surface area contributed by atoms with E-state index in [-0.39, 0.29) is 6.85 Å². The number of aromatic nitrogens is 1. The Labute approximate surface area is 244 Å². The van der Waals surface area contributed by atoms with Crippen LogP contribution < -0.4 is 15.8 Å². The van der Waals surface area contributed by atoms with E-state index >= 15 is 0 Å². The summed E-state index contributed by atoms with van der Waals surface area (Å²) in [5.74, 6) is 0. The van der Waals surface area contributed by atoms with Crippen LogP contribution in [0, 0.1) is 0 Å². The van der Waals surface area contributed by atoms with Gasteiger partial charge in [0.2, 0.25) is 0 Å². The maximum Gasteiger partial charge on any atom is 0.332 e. The molecule has 0 fully saturated rings. The zero-order valence-corrected chi connectivity index (χ0v) is 24.2. The van der Waals surface area contributed by atoms with Gasteiger partial charge in [-0.2, -0.15) is 0 Å². The summed E-state index contributed by atoms with van der Waals surface area (Å²) in [4.78, 5) is 2.45. The number of unbranched alkanes of at least 4 members (excludes halogenated alkanes) is 2. The van der Waals surface area contributed by atoms with E-state index in [1.165, 1.54) is 86.6 Å². The van der Waals surface area contributed by atoms with Gasteiger partial charge in [-0.15, -0.1) is 0 Å². The minimum atomic E-state index is 0.0768. The molecule has 7 rings (SSSR count). The molecule has 0 bridgehead atoms. The van der Waals surface area contributed by atoms with Crippen molar-refractivity contribution in [3.63, 3.8) is 0 Å². The molecule has 1 aromatic heterocycles. The van der Waals surface area contributed by atoms with Crippen molar-refractivity contribution >= 4 is 56.6 Å². The number of anilines is 3. The van der Waals surface area contributed by atoms with Gasteiger partial charge in [-0.25, -0.2) is 0 Å². The summed E-state index contributed by atoms with van der Waals surface area (Å²) < 4.78 is 2.74. The van der Waals surface area contributed by atoms with Gasteiger partial charge in [-0.3, -0.25) is 0 Å². The Bertz CT molecular complexity index is 1720. The summed E-state index contributed by atoms with van der Waals surface area (Å²) in [5, 5.41) is 2.76. The monoisotopic (exact) mass is 532 g/mol. The van der Waals surface area contributed by atoms with Crippen LogP contribution >= 0.6 is 0 Å². The van der Waals surface area contributed by atoms with Crippen LogP contribution in [0.15, 0.2) is 115 Å². The molecule has 1 aliphatic rings. The Kier molecular flexibility index (Phi) is 6.88. The Morgan fingerprint density at radius 2 is 1.00 bits per heavy atom. The minimum absolute atomic E-state index is 0.0768. The van der Waals surface area contributed by atoms with Crippen molar-refractivity contribution in [3.8, 4) is 0 Å². The molecule has 5 aromatic carbocycles. The Balaban J connectivity index is 1.59. The molecule has 0 atom stereocenters. The summed E-state index contributed by atoms with van der Waals surface area (Å²) in [6.07, 6.45) is 6.98. The third-order valence-electron chi connectivity index (χ3n) is 8.83. The molecule has 0 unspecified atom stereocenters. The van der Waals surface area contributed by atoms with Crippen molar-refractivity contribution in [1.82, 2.24) is 4.48 Å². The average Bonchev–Trinajstić information content (AvgIpc) is 3.37. The van der Waals surface area contributed by atoms with E-state index in [4.69, 9.17) is 0 Å². The van der Waals surface area contributed by atoms with Crippen molar-refractivity contribution in [2.45, 2.75) is 52.4 Å². The second-order valence-electron chi connectivity index (χ2n) is 11.4. The first kappa shape index (κ1) is 25.7. The minimum Gasteiger partial charge on any atom is -0.375 e. The smallest absolute Gasteiger partial charge is 0.332 e. The predicted octanol–water partition coefficient (Wildman–Crippen LogP) is 8.92. The molecule has 3 heteroatoms. The van der Waals surface area contributed by atoms with E-state index in [1.807, 2.05) is 0 Å². The van der Waals surface area contributed by atoms with Crippen molar-refractivity contribution in [2.75, 3.05) is 4.90 Å². The fourth-order valence-electron chi connectivity index (χ4n) is 6.97. The van der Waals surface area contributed by atoms with Crippen molar-refractivity contribution in [1.29, 1.82) is 0 Å². The third-order valence-corrected chi connectivity index (χ3v) is 8.83. The zero-order chi connectivity index (χ0) is 27.8. The van der Waals surface area contributed by atoms with Gasteiger partial charge in [0, 0.05) is 38.9 Å². The van der Waals surface area contributed by atoms with E-state index in [0.29, 0.717) is 0 Å². The highest BCUT2D eigenvalue weighted by molar-refractivity contribution is 6.88. The van der Waals surface area contributed by atoms with Gasteiger partial charge in [-0.05, 0) is 72.0 Å². The largest absolute Gasteiger partial charge is 0.375 e. The summed E-state index contributed by atoms with van der Waals surface area (Å²) in [6, 6.07) is 42.9. The topological polar surface area (TPSA) is 8.17 Å². The summed E-state index contributed by atoms with van der Waals surface area (Å²) in [5.41, 5.74) is 12.1. The lowest BCUT2D eigenvalue weighted by molar-refractivity contribution is 0.795. The van der Waals surface area contributed by atoms with Crippen molar-refractivity contribution < 1.29 is 0 Å². The van der Waals surface area contributed by atoms with Crippen LogP contribution in [0.25, 0.3) is 21.8 Å². The fourth-order valence-corrected chi connectivity index (χ4v) is 6.97. The molecule has 0 aliphatic carbocycles. The van der Waals surface area contributed by atoms with Crippen LogP contribution in [-0.4, -0.2) is 11.3 Å². The molecule has 2 nitrogen and oxygen atoms in total. The van der Waals surface area contributed by atoms with Crippen molar-refractivity contribution in [2.24, 2.45) is 0 Å². The third kappa shape index (κ3) is 4.27. The molecule has 1 aliphatic heterocycles. The maximum atomic E-state index is 2.74. The lowest BCUT2D eigenvalue weighted by Crippen LogP contribution is -2.54. The summed E-state index contributed by atoms with van der Waals surface area (Å²) in [7, 11) is 0. The molecule has 0 N–H and O–H groups in total. The molecule has 0 amide bonds. The number of nitrogens with zero attached hydrogens (tertiary/aromatic N) is 2. The molecule has 6 aromatic rings. The lowest BCUT2D eigenvalue weighted by atomic mass is 9.47. The van der Waals surface area contributed by atoms with Crippen LogP contribution in [0.5, 0.6) is 0 Å². The standard InChI is InChI=1S/C38H37BN2/c1-3-5-16-28-18-14-22-31-32-23-15-19-29(17-6-4-2)38(32)41(37(28)31)39-33-24-10-12-26-35(33)40(30-20-8-7-9-21-30)36-27-13-11-25-34(36)39/h7-15,18-27H,3-6,16-17H2,1-2H3. The van der Waals surface area contributed by atoms with E-state index in [2.05, 4.69) is 138 Å². The van der Waals surface area contributed by atoms with E-state index < -0.39 is 0 Å². The number of fused-ring (bicyclic) bond motifs is 5. The highest BCUT2D eigenvalue weighted by atomic mass is 15.2. The number of hydrogen-bond donors (Lipinski definition) is 0. The fraction of sp³-hybridized carbons (Fsp3) is 0.211. The highest BCUT2D eigenvalue weighted by Crippen LogP contribution is 2.39. The number of rotatable bonds is 8. The van der Waals surface area contributed by atoms with Crippen LogP contribution in [-0.2, 0) is 12.8 Å². The lowest BCUT2D eigenvalue weighted by Gasteiger charge is -2.37. The van der Waals surface area contributed by atoms with E-state index in [0.717, 1.165) is 12.8 Å². The van der Waals surface area contributed by atoms with E-state index in [1.54, 1.807) is 0 Å². The molecule has 2 heterocycles. The SMILES string of the molecule is CCCCc1cccc2c3cccc(CCCC)c3n(B3c4ccccc4N(c4ccccc4)c4ccccc43)c12. The maximum absolute atomic E-state index is 2.74. The first-order valence-electron chi connectivity index (χ1n) is 15.4. The molecule has 0 saturated heterocycles. The molecular weight excluding hydrogens is 495 g/mol. The average molecular weight is 533 g/mol. The zero-order valence-electron chi connectivity index (χ0n) is 24.2. The second kappa shape index (κ2) is 11.0. The van der Waals surface area contributed by atoms with Gasteiger partial charge in [0.1, 0.15) is 0 Å². The summed E-state index contributed by atoms with van der Waals surface area (Å²) >= 11 is 0. The van der Waals surface area contributed by atoms with Crippen LogP contribution in [0.3, 0.4) is 0 Å². The van der Waals surface area contributed by atoms with Gasteiger partial charge < -0.3 is 9.38 Å². The molecule has 41 heavy (non-hydrogen) atoms. The second-order valence-corrected chi connectivity index (χ2v) is 11.4. The predicted molar refractivity (Wildman–Crippen MR) is 178 cm³/mol. The first-order valence-corrected chi connectivity index (χ1v) is 15.4. The number of hydrogen-bond acceptors (Lipinski definition) is 1. The Hall–Kier alpha value is -4.24. The van der Waals surface area contributed by atoms with Crippen molar-refractivity contribution in [3.05, 3.63) is 126 Å². The number of benzene rings is 5. The molecule has 0 spiro atoms. The van der Waals surface area contributed by atoms with Gasteiger partial charge >= 0.3 is 6.85 Å². The van der Waals surface area contributed by atoms with Crippen LogP contribution in [0.2, 0.25) is 0 Å². The number of aryl methyl sites for hydroxylation is 2. The summed E-state index contributed by atoms with van der Waals surface area (Å²) in [6.45, 7) is 4.67. The Morgan fingerprint density at radius 1 is 0.512 bits per heavy atom. The normalized spacial score (nSPS) is 12.6. The highest BCUT2D eigenvalue weighted by Gasteiger charge is 2.38. The quantitative estimate of drug-likeness (QED) is 0.177. The molecule has 202 valence electrons.